The van der Waals surface area contributed by atoms with E-state index in [1.54, 1.807) is 0 Å². The zero-order valence-electron chi connectivity index (χ0n) is 11.6. The molecule has 0 spiro atoms. The third-order valence-corrected chi connectivity index (χ3v) is 3.67. The molecule has 0 aromatic heterocycles. The molecule has 5 heteroatoms. The lowest BCUT2D eigenvalue weighted by Gasteiger charge is -2.20. The molecule has 19 heavy (non-hydrogen) atoms. The van der Waals surface area contributed by atoms with E-state index in [0.717, 1.165) is 38.9 Å². The van der Waals surface area contributed by atoms with Gasteiger partial charge in [-0.15, -0.1) is 0 Å². The number of carbonyl (C=O) groups excluding carboxylic acids is 1. The highest BCUT2D eigenvalue weighted by Crippen LogP contribution is 2.15. The Kier molecular flexibility index (Phi) is 5.66. The molecule has 2 aliphatic heterocycles. The molecular formula is C14H24N2O3. The summed E-state index contributed by atoms with van der Waals surface area (Å²) in [5.41, 5.74) is 1.37. The minimum atomic E-state index is -0.101. The zero-order valence-corrected chi connectivity index (χ0v) is 11.6. The van der Waals surface area contributed by atoms with Crippen LogP contribution in [-0.4, -0.2) is 44.5 Å². The Morgan fingerprint density at radius 1 is 1.53 bits per heavy atom. The second kappa shape index (κ2) is 7.50. The first kappa shape index (κ1) is 14.3. The SMILES string of the molecule is C[C@H](NC(=O)NCCC1=CCOCC1)[C@H]1CCCO1. The second-order valence-electron chi connectivity index (χ2n) is 5.18. The van der Waals surface area contributed by atoms with E-state index < -0.39 is 0 Å². The fourth-order valence-corrected chi connectivity index (χ4v) is 2.48. The molecule has 2 aliphatic rings. The van der Waals surface area contributed by atoms with Crippen LogP contribution in [0.4, 0.5) is 4.79 Å². The van der Waals surface area contributed by atoms with E-state index in [9.17, 15) is 4.79 Å². The van der Waals surface area contributed by atoms with Crippen molar-refractivity contribution in [2.75, 3.05) is 26.4 Å². The van der Waals surface area contributed by atoms with Crippen LogP contribution in [0.15, 0.2) is 11.6 Å². The van der Waals surface area contributed by atoms with Gasteiger partial charge < -0.3 is 20.1 Å². The Bertz CT molecular complexity index is 325. The maximum Gasteiger partial charge on any atom is 0.315 e. The number of rotatable bonds is 5. The van der Waals surface area contributed by atoms with Gasteiger partial charge in [0.25, 0.3) is 0 Å². The largest absolute Gasteiger partial charge is 0.377 e. The molecular weight excluding hydrogens is 244 g/mol. The Morgan fingerprint density at radius 2 is 2.42 bits per heavy atom. The van der Waals surface area contributed by atoms with Gasteiger partial charge in [0.15, 0.2) is 0 Å². The Labute approximate surface area is 114 Å². The van der Waals surface area contributed by atoms with Crippen LogP contribution in [0.3, 0.4) is 0 Å². The third kappa shape index (κ3) is 4.84. The number of hydrogen-bond donors (Lipinski definition) is 2. The molecule has 0 radical (unpaired) electrons. The highest BCUT2D eigenvalue weighted by Gasteiger charge is 2.23. The van der Waals surface area contributed by atoms with Gasteiger partial charge in [-0.05, 0) is 32.6 Å². The summed E-state index contributed by atoms with van der Waals surface area (Å²) in [4.78, 5) is 11.7. The van der Waals surface area contributed by atoms with Crippen LogP contribution in [0.2, 0.25) is 0 Å². The average molecular weight is 268 g/mol. The molecule has 2 N–H and O–H groups in total. The van der Waals surface area contributed by atoms with E-state index in [4.69, 9.17) is 9.47 Å². The minimum absolute atomic E-state index is 0.0739. The van der Waals surface area contributed by atoms with E-state index in [1.165, 1.54) is 5.57 Å². The molecule has 5 nitrogen and oxygen atoms in total. The van der Waals surface area contributed by atoms with Crippen molar-refractivity contribution in [3.63, 3.8) is 0 Å². The molecule has 1 fully saturated rings. The summed E-state index contributed by atoms with van der Waals surface area (Å²) in [5, 5.41) is 5.84. The maximum atomic E-state index is 11.7. The van der Waals surface area contributed by atoms with Crippen molar-refractivity contribution in [2.45, 2.75) is 44.8 Å². The van der Waals surface area contributed by atoms with Crippen molar-refractivity contribution in [2.24, 2.45) is 0 Å². The smallest absolute Gasteiger partial charge is 0.315 e. The number of urea groups is 1. The molecule has 0 aromatic rings. The standard InChI is InChI=1S/C14H24N2O3/c1-11(13-3-2-8-19-13)16-14(17)15-7-4-12-5-9-18-10-6-12/h5,11,13H,2-4,6-10H2,1H3,(H2,15,16,17)/t11-,13+/m0/s1. The molecule has 0 unspecified atom stereocenters. The lowest BCUT2D eigenvalue weighted by molar-refractivity contribution is 0.0860. The fraction of sp³-hybridized carbons (Fsp3) is 0.786. The van der Waals surface area contributed by atoms with Gasteiger partial charge in [0.2, 0.25) is 0 Å². The Balaban J connectivity index is 1.59. The zero-order chi connectivity index (χ0) is 13.5. The van der Waals surface area contributed by atoms with E-state index in [2.05, 4.69) is 16.7 Å². The summed E-state index contributed by atoms with van der Waals surface area (Å²) >= 11 is 0. The molecule has 1 saturated heterocycles. The summed E-state index contributed by atoms with van der Waals surface area (Å²) in [6.45, 7) is 4.99. The number of ether oxygens (including phenoxy) is 2. The van der Waals surface area contributed by atoms with Crippen molar-refractivity contribution in [1.82, 2.24) is 10.6 Å². The first-order valence-electron chi connectivity index (χ1n) is 7.17. The van der Waals surface area contributed by atoms with E-state index in [1.807, 2.05) is 6.92 Å². The Hall–Kier alpha value is -1.07. The first-order valence-corrected chi connectivity index (χ1v) is 7.17. The molecule has 2 atom stereocenters. The number of hydrogen-bond acceptors (Lipinski definition) is 3. The van der Waals surface area contributed by atoms with Gasteiger partial charge in [0.05, 0.1) is 25.4 Å². The molecule has 2 amide bonds. The molecule has 0 aromatic carbocycles. The molecule has 2 rings (SSSR count). The number of carbonyl (C=O) groups is 1. The summed E-state index contributed by atoms with van der Waals surface area (Å²) in [7, 11) is 0. The predicted octanol–water partition coefficient (Wildman–Crippen LogP) is 1.59. The van der Waals surface area contributed by atoms with Gasteiger partial charge in [0.1, 0.15) is 0 Å². The lowest BCUT2D eigenvalue weighted by Crippen LogP contribution is -2.46. The van der Waals surface area contributed by atoms with Crippen LogP contribution in [0.25, 0.3) is 0 Å². The number of nitrogens with one attached hydrogen (secondary N) is 2. The summed E-state index contributed by atoms with van der Waals surface area (Å²) in [5.74, 6) is 0. The van der Waals surface area contributed by atoms with Gasteiger partial charge >= 0.3 is 6.03 Å². The normalized spacial score (nSPS) is 24.7. The quantitative estimate of drug-likeness (QED) is 0.744. The first-order chi connectivity index (χ1) is 9.25. The van der Waals surface area contributed by atoms with Crippen molar-refractivity contribution in [3.05, 3.63) is 11.6 Å². The van der Waals surface area contributed by atoms with E-state index in [-0.39, 0.29) is 18.2 Å². The highest BCUT2D eigenvalue weighted by atomic mass is 16.5. The Morgan fingerprint density at radius 3 is 3.11 bits per heavy atom. The fourth-order valence-electron chi connectivity index (χ4n) is 2.48. The molecule has 0 bridgehead atoms. The molecule has 0 aliphatic carbocycles. The maximum absolute atomic E-state index is 11.7. The minimum Gasteiger partial charge on any atom is -0.377 e. The summed E-state index contributed by atoms with van der Waals surface area (Å²) in [6.07, 6.45) is 6.30. The molecule has 2 heterocycles. The van der Waals surface area contributed by atoms with Crippen LogP contribution in [0, 0.1) is 0 Å². The van der Waals surface area contributed by atoms with Crippen molar-refractivity contribution in [3.8, 4) is 0 Å². The monoisotopic (exact) mass is 268 g/mol. The topological polar surface area (TPSA) is 59.6 Å². The highest BCUT2D eigenvalue weighted by molar-refractivity contribution is 5.74. The number of amides is 2. The van der Waals surface area contributed by atoms with Crippen LogP contribution in [-0.2, 0) is 9.47 Å². The second-order valence-corrected chi connectivity index (χ2v) is 5.18. The summed E-state index contributed by atoms with van der Waals surface area (Å²) < 4.78 is 10.8. The van der Waals surface area contributed by atoms with Gasteiger partial charge in [-0.3, -0.25) is 0 Å². The van der Waals surface area contributed by atoms with E-state index >= 15 is 0 Å². The van der Waals surface area contributed by atoms with Gasteiger partial charge in [-0.25, -0.2) is 4.79 Å². The van der Waals surface area contributed by atoms with Gasteiger partial charge in [0, 0.05) is 13.2 Å². The van der Waals surface area contributed by atoms with E-state index in [0.29, 0.717) is 13.2 Å². The van der Waals surface area contributed by atoms with Crippen LogP contribution >= 0.6 is 0 Å². The van der Waals surface area contributed by atoms with Crippen LogP contribution in [0.1, 0.15) is 32.6 Å². The summed E-state index contributed by atoms with van der Waals surface area (Å²) in [6, 6.07) is -0.0274. The van der Waals surface area contributed by atoms with Crippen molar-refractivity contribution >= 4 is 6.03 Å². The predicted molar refractivity (Wildman–Crippen MR) is 73.1 cm³/mol. The molecule has 0 saturated carbocycles. The molecule has 108 valence electrons. The van der Waals surface area contributed by atoms with Crippen LogP contribution in [0.5, 0.6) is 0 Å². The lowest BCUT2D eigenvalue weighted by atomic mass is 10.1. The van der Waals surface area contributed by atoms with Crippen molar-refractivity contribution in [1.29, 1.82) is 0 Å². The van der Waals surface area contributed by atoms with Gasteiger partial charge in [-0.2, -0.15) is 0 Å². The van der Waals surface area contributed by atoms with Gasteiger partial charge in [-0.1, -0.05) is 11.6 Å². The average Bonchev–Trinajstić information content (AvgIpc) is 2.94. The van der Waals surface area contributed by atoms with Crippen molar-refractivity contribution < 1.29 is 14.3 Å². The third-order valence-electron chi connectivity index (χ3n) is 3.67. The van der Waals surface area contributed by atoms with Crippen LogP contribution < -0.4 is 10.6 Å².